The molecule has 0 saturated carbocycles. The fraction of sp³-hybridized carbons (Fsp3) is 0.222. The molecule has 2 aromatic rings. The van der Waals surface area contributed by atoms with Crippen LogP contribution >= 0.6 is 0 Å². The van der Waals surface area contributed by atoms with E-state index in [0.29, 0.717) is 17.1 Å². The Hall–Kier alpha value is -2.82. The lowest BCUT2D eigenvalue weighted by Crippen LogP contribution is -2.44. The van der Waals surface area contributed by atoms with Crippen molar-refractivity contribution in [1.29, 1.82) is 0 Å². The molecule has 118 valence electrons. The summed E-state index contributed by atoms with van der Waals surface area (Å²) >= 11 is 0. The smallest absolute Gasteiger partial charge is 0.265 e. The lowest BCUT2D eigenvalue weighted by atomic mass is 10.2. The first-order valence-corrected chi connectivity index (χ1v) is 7.58. The number of nitrogens with zero attached hydrogens (tertiary/aromatic N) is 1. The number of hydrogen-bond acceptors (Lipinski definition) is 3. The summed E-state index contributed by atoms with van der Waals surface area (Å²) in [5.74, 6) is 0.196. The molecule has 1 aliphatic rings. The molecule has 0 saturated heterocycles. The van der Waals surface area contributed by atoms with Gasteiger partial charge in [0, 0.05) is 0 Å². The van der Waals surface area contributed by atoms with Crippen molar-refractivity contribution in [2.75, 3.05) is 23.4 Å². The molecule has 2 amide bonds. The molecule has 3 rings (SSSR count). The summed E-state index contributed by atoms with van der Waals surface area (Å²) in [5.41, 5.74) is 2.55. The number of carbonyl (C=O) groups is 2. The molecule has 0 aromatic heterocycles. The van der Waals surface area contributed by atoms with Crippen molar-refractivity contribution in [2.24, 2.45) is 0 Å². The van der Waals surface area contributed by atoms with Crippen LogP contribution in [-0.4, -0.2) is 25.0 Å². The molecule has 0 aliphatic carbocycles. The van der Waals surface area contributed by atoms with E-state index in [1.165, 1.54) is 10.5 Å². The summed E-state index contributed by atoms with van der Waals surface area (Å²) in [6.07, 6.45) is 0.957. The molecule has 1 aliphatic heterocycles. The molecule has 0 bridgehead atoms. The Morgan fingerprint density at radius 3 is 2.65 bits per heavy atom. The van der Waals surface area contributed by atoms with E-state index in [1.807, 2.05) is 42.5 Å². The van der Waals surface area contributed by atoms with Crippen LogP contribution in [-0.2, 0) is 16.0 Å². The van der Waals surface area contributed by atoms with E-state index in [1.54, 1.807) is 6.07 Å². The normalized spacial score (nSPS) is 13.3. The molecule has 1 N–H and O–H groups in total. The summed E-state index contributed by atoms with van der Waals surface area (Å²) in [7, 11) is 0. The average molecular weight is 310 g/mol. The molecule has 0 unspecified atom stereocenters. The number of fused-ring (bicyclic) bond motifs is 1. The minimum Gasteiger partial charge on any atom is -0.484 e. The topological polar surface area (TPSA) is 58.6 Å². The maximum absolute atomic E-state index is 12.4. The number of benzene rings is 2. The third-order valence-corrected chi connectivity index (χ3v) is 3.77. The first kappa shape index (κ1) is 15.1. The summed E-state index contributed by atoms with van der Waals surface area (Å²) in [4.78, 5) is 25.6. The molecule has 23 heavy (non-hydrogen) atoms. The first-order valence-electron chi connectivity index (χ1n) is 7.58. The van der Waals surface area contributed by atoms with E-state index in [2.05, 4.69) is 12.2 Å². The van der Waals surface area contributed by atoms with Crippen LogP contribution in [0.15, 0.2) is 48.5 Å². The molecule has 1 heterocycles. The lowest BCUT2D eigenvalue weighted by Gasteiger charge is -2.29. The number of para-hydroxylation sites is 2. The summed E-state index contributed by atoms with van der Waals surface area (Å²) in [6, 6.07) is 14.9. The van der Waals surface area contributed by atoms with Gasteiger partial charge >= 0.3 is 0 Å². The van der Waals surface area contributed by atoms with Gasteiger partial charge in [-0.05, 0) is 36.2 Å². The molecule has 5 nitrogen and oxygen atoms in total. The van der Waals surface area contributed by atoms with E-state index in [9.17, 15) is 9.59 Å². The van der Waals surface area contributed by atoms with E-state index in [-0.39, 0.29) is 25.0 Å². The van der Waals surface area contributed by atoms with Crippen LogP contribution in [0.1, 0.15) is 12.5 Å². The number of nitrogens with one attached hydrogen (secondary N) is 1. The summed E-state index contributed by atoms with van der Waals surface area (Å²) < 4.78 is 5.55. The molecular weight excluding hydrogens is 292 g/mol. The standard InChI is InChI=1S/C18H18N2O3/c1-2-13-7-9-14(10-8-13)23-12-18(22)20-11-17(21)19-15-5-3-4-6-16(15)20/h3-10H,2,11-12H2,1H3,(H,19,21). The number of anilines is 2. The van der Waals surface area contributed by atoms with Crippen molar-refractivity contribution in [1.82, 2.24) is 0 Å². The minimum atomic E-state index is -0.244. The SMILES string of the molecule is CCc1ccc(OCC(=O)N2CC(=O)Nc3ccccc32)cc1. The molecular formula is C18H18N2O3. The van der Waals surface area contributed by atoms with Gasteiger partial charge in [0.2, 0.25) is 5.91 Å². The summed E-state index contributed by atoms with van der Waals surface area (Å²) in [5, 5.41) is 2.76. The zero-order valence-electron chi connectivity index (χ0n) is 12.9. The molecule has 0 spiro atoms. The second-order valence-electron chi connectivity index (χ2n) is 5.33. The molecule has 5 heteroatoms. The van der Waals surface area contributed by atoms with Crippen molar-refractivity contribution in [3.8, 4) is 5.75 Å². The number of hydrogen-bond donors (Lipinski definition) is 1. The van der Waals surface area contributed by atoms with Gasteiger partial charge in [-0.3, -0.25) is 14.5 Å². The third-order valence-electron chi connectivity index (χ3n) is 3.77. The Balaban J connectivity index is 1.69. The highest BCUT2D eigenvalue weighted by atomic mass is 16.5. The van der Waals surface area contributed by atoms with Gasteiger partial charge in [-0.1, -0.05) is 31.2 Å². The largest absolute Gasteiger partial charge is 0.484 e. The number of carbonyl (C=O) groups excluding carboxylic acids is 2. The number of aryl methyl sites for hydroxylation is 1. The summed E-state index contributed by atoms with van der Waals surface area (Å²) in [6.45, 7) is 1.99. The maximum atomic E-state index is 12.4. The second-order valence-corrected chi connectivity index (χ2v) is 5.33. The molecule has 0 atom stereocenters. The zero-order chi connectivity index (χ0) is 16.2. The van der Waals surface area contributed by atoms with Crippen molar-refractivity contribution in [2.45, 2.75) is 13.3 Å². The minimum absolute atomic E-state index is 0.00792. The fourth-order valence-corrected chi connectivity index (χ4v) is 2.50. The van der Waals surface area contributed by atoms with Crippen LogP contribution in [0.3, 0.4) is 0 Å². The van der Waals surface area contributed by atoms with Crippen LogP contribution in [0, 0.1) is 0 Å². The Kier molecular flexibility index (Phi) is 4.28. The van der Waals surface area contributed by atoms with Gasteiger partial charge in [0.1, 0.15) is 12.3 Å². The predicted molar refractivity (Wildman–Crippen MR) is 88.7 cm³/mol. The monoisotopic (exact) mass is 310 g/mol. The van der Waals surface area contributed by atoms with Gasteiger partial charge in [-0.2, -0.15) is 0 Å². The van der Waals surface area contributed by atoms with Crippen molar-refractivity contribution in [3.63, 3.8) is 0 Å². The zero-order valence-corrected chi connectivity index (χ0v) is 12.9. The van der Waals surface area contributed by atoms with Gasteiger partial charge < -0.3 is 10.1 Å². The highest BCUT2D eigenvalue weighted by molar-refractivity contribution is 6.10. The van der Waals surface area contributed by atoms with E-state index in [0.717, 1.165) is 6.42 Å². The Morgan fingerprint density at radius 1 is 1.17 bits per heavy atom. The van der Waals surface area contributed by atoms with Crippen LogP contribution in [0.4, 0.5) is 11.4 Å². The second kappa shape index (κ2) is 6.52. The van der Waals surface area contributed by atoms with Crippen LogP contribution < -0.4 is 15.0 Å². The predicted octanol–water partition coefficient (Wildman–Crippen LogP) is 2.61. The Labute approximate surface area is 134 Å². The Bertz CT molecular complexity index is 725. The van der Waals surface area contributed by atoms with Crippen LogP contribution in [0.25, 0.3) is 0 Å². The first-order chi connectivity index (χ1) is 11.2. The van der Waals surface area contributed by atoms with Gasteiger partial charge in [0.05, 0.1) is 11.4 Å². The van der Waals surface area contributed by atoms with Crippen LogP contribution in [0.2, 0.25) is 0 Å². The van der Waals surface area contributed by atoms with Crippen LogP contribution in [0.5, 0.6) is 5.75 Å². The van der Waals surface area contributed by atoms with E-state index < -0.39 is 0 Å². The third kappa shape index (κ3) is 3.34. The number of amides is 2. The Morgan fingerprint density at radius 2 is 1.91 bits per heavy atom. The van der Waals surface area contributed by atoms with E-state index in [4.69, 9.17) is 4.74 Å². The van der Waals surface area contributed by atoms with Gasteiger partial charge in [0.25, 0.3) is 5.91 Å². The molecule has 0 fully saturated rings. The van der Waals surface area contributed by atoms with E-state index >= 15 is 0 Å². The number of rotatable bonds is 4. The van der Waals surface area contributed by atoms with Gasteiger partial charge in [-0.25, -0.2) is 0 Å². The highest BCUT2D eigenvalue weighted by Gasteiger charge is 2.26. The highest BCUT2D eigenvalue weighted by Crippen LogP contribution is 2.28. The quantitative estimate of drug-likeness (QED) is 0.944. The van der Waals surface area contributed by atoms with Crippen molar-refractivity contribution in [3.05, 3.63) is 54.1 Å². The number of ether oxygens (including phenoxy) is 1. The average Bonchev–Trinajstić information content (AvgIpc) is 2.59. The maximum Gasteiger partial charge on any atom is 0.265 e. The molecule has 2 aromatic carbocycles. The van der Waals surface area contributed by atoms with Gasteiger partial charge in [-0.15, -0.1) is 0 Å². The fourth-order valence-electron chi connectivity index (χ4n) is 2.50. The molecule has 0 radical (unpaired) electrons. The van der Waals surface area contributed by atoms with Gasteiger partial charge in [0.15, 0.2) is 6.61 Å². The van der Waals surface area contributed by atoms with Crippen molar-refractivity contribution >= 4 is 23.2 Å². The lowest BCUT2D eigenvalue weighted by molar-refractivity contribution is -0.123. The van der Waals surface area contributed by atoms with Crippen molar-refractivity contribution < 1.29 is 14.3 Å².